The first-order chi connectivity index (χ1) is 10.5. The summed E-state index contributed by atoms with van der Waals surface area (Å²) in [6.07, 6.45) is 0. The summed E-state index contributed by atoms with van der Waals surface area (Å²) in [5.74, 6) is 0.536. The molecule has 0 N–H and O–H groups in total. The smallest absolute Gasteiger partial charge is 0.341 e. The molecule has 0 atom stereocenters. The quantitative estimate of drug-likeness (QED) is 0.763. The summed E-state index contributed by atoms with van der Waals surface area (Å²) in [4.78, 5) is 12.0. The van der Waals surface area contributed by atoms with Crippen LogP contribution in [0.2, 0.25) is 0 Å². The van der Waals surface area contributed by atoms with Crippen LogP contribution in [-0.2, 0) is 11.3 Å². The number of methoxy groups -OCH3 is 1. The Balaban J connectivity index is 2.32. The molecule has 0 heterocycles. The van der Waals surface area contributed by atoms with Crippen LogP contribution in [-0.4, -0.2) is 13.1 Å². The molecule has 0 aliphatic heterocycles. The highest BCUT2D eigenvalue weighted by Gasteiger charge is 2.17. The lowest BCUT2D eigenvalue weighted by Gasteiger charge is -2.16. The highest BCUT2D eigenvalue weighted by molar-refractivity contribution is 5.93. The Labute approximate surface area is 131 Å². The Morgan fingerprint density at radius 3 is 2.41 bits per heavy atom. The van der Waals surface area contributed by atoms with Gasteiger partial charge < -0.3 is 9.47 Å². The van der Waals surface area contributed by atoms with Crippen molar-refractivity contribution in [2.45, 2.75) is 33.3 Å². The van der Waals surface area contributed by atoms with Gasteiger partial charge >= 0.3 is 5.97 Å². The summed E-state index contributed by atoms with van der Waals surface area (Å²) in [5, 5.41) is 0. The predicted molar refractivity (Wildman–Crippen MR) is 87.4 cm³/mol. The van der Waals surface area contributed by atoms with Gasteiger partial charge in [0.05, 0.1) is 7.11 Å². The van der Waals surface area contributed by atoms with E-state index in [1.165, 1.54) is 7.11 Å². The standard InChI is InChI=1S/C19H22O3/c1-13(2)16-11-17(19(20)21-4)18(10-14(16)3)22-12-15-8-6-5-7-9-15/h5-11,13H,12H2,1-4H3. The van der Waals surface area contributed by atoms with Gasteiger partial charge in [-0.1, -0.05) is 44.2 Å². The number of aryl methyl sites for hydroxylation is 1. The summed E-state index contributed by atoms with van der Waals surface area (Å²) >= 11 is 0. The fourth-order valence-corrected chi connectivity index (χ4v) is 2.44. The molecule has 0 saturated carbocycles. The van der Waals surface area contributed by atoms with Crippen molar-refractivity contribution in [3.63, 3.8) is 0 Å². The first-order valence-electron chi connectivity index (χ1n) is 7.42. The van der Waals surface area contributed by atoms with Crippen LogP contribution in [0.25, 0.3) is 0 Å². The lowest BCUT2D eigenvalue weighted by Crippen LogP contribution is -2.08. The lowest BCUT2D eigenvalue weighted by atomic mass is 9.95. The van der Waals surface area contributed by atoms with Gasteiger partial charge in [-0.2, -0.15) is 0 Å². The fraction of sp³-hybridized carbons (Fsp3) is 0.316. The third-order valence-electron chi connectivity index (χ3n) is 3.63. The van der Waals surface area contributed by atoms with Crippen molar-refractivity contribution in [3.05, 3.63) is 64.7 Å². The maximum atomic E-state index is 12.0. The second kappa shape index (κ2) is 7.12. The summed E-state index contributed by atoms with van der Waals surface area (Å²) in [6, 6.07) is 13.7. The maximum Gasteiger partial charge on any atom is 0.341 e. The van der Waals surface area contributed by atoms with Crippen molar-refractivity contribution in [1.82, 2.24) is 0 Å². The third-order valence-corrected chi connectivity index (χ3v) is 3.63. The van der Waals surface area contributed by atoms with Crippen LogP contribution >= 0.6 is 0 Å². The molecular weight excluding hydrogens is 276 g/mol. The number of carbonyl (C=O) groups excluding carboxylic acids is 1. The number of hydrogen-bond donors (Lipinski definition) is 0. The number of carbonyl (C=O) groups is 1. The monoisotopic (exact) mass is 298 g/mol. The zero-order chi connectivity index (χ0) is 16.1. The minimum absolute atomic E-state index is 0.339. The molecule has 0 bridgehead atoms. The van der Waals surface area contributed by atoms with Crippen LogP contribution in [0.5, 0.6) is 5.75 Å². The molecule has 0 spiro atoms. The first kappa shape index (κ1) is 16.1. The molecule has 2 rings (SSSR count). The largest absolute Gasteiger partial charge is 0.488 e. The van der Waals surface area contributed by atoms with E-state index in [2.05, 4.69) is 13.8 Å². The number of rotatable bonds is 5. The first-order valence-corrected chi connectivity index (χ1v) is 7.42. The van der Waals surface area contributed by atoms with Crippen LogP contribution in [0.4, 0.5) is 0 Å². The van der Waals surface area contributed by atoms with E-state index in [4.69, 9.17) is 9.47 Å². The van der Waals surface area contributed by atoms with Gasteiger partial charge in [0.1, 0.15) is 17.9 Å². The fourth-order valence-electron chi connectivity index (χ4n) is 2.44. The SMILES string of the molecule is COC(=O)c1cc(C(C)C)c(C)cc1OCc1ccccc1. The Hall–Kier alpha value is -2.29. The van der Waals surface area contributed by atoms with Crippen molar-refractivity contribution in [2.75, 3.05) is 7.11 Å². The predicted octanol–water partition coefficient (Wildman–Crippen LogP) is 4.48. The minimum atomic E-state index is -0.370. The molecular formula is C19H22O3. The Kier molecular flexibility index (Phi) is 5.21. The Bertz CT molecular complexity index is 645. The Morgan fingerprint density at radius 2 is 1.82 bits per heavy atom. The number of hydrogen-bond acceptors (Lipinski definition) is 3. The topological polar surface area (TPSA) is 35.5 Å². The van der Waals surface area contributed by atoms with Gasteiger partial charge in [-0.25, -0.2) is 4.79 Å². The maximum absolute atomic E-state index is 12.0. The molecule has 22 heavy (non-hydrogen) atoms. The second-order valence-corrected chi connectivity index (χ2v) is 5.63. The lowest BCUT2D eigenvalue weighted by molar-refractivity contribution is 0.0595. The molecule has 0 fully saturated rings. The van der Waals surface area contributed by atoms with E-state index in [-0.39, 0.29) is 5.97 Å². The van der Waals surface area contributed by atoms with E-state index in [9.17, 15) is 4.79 Å². The van der Waals surface area contributed by atoms with Crippen LogP contribution in [0, 0.1) is 6.92 Å². The average molecular weight is 298 g/mol. The van der Waals surface area contributed by atoms with E-state index in [1.807, 2.05) is 49.4 Å². The molecule has 116 valence electrons. The number of ether oxygens (including phenoxy) is 2. The molecule has 3 heteroatoms. The van der Waals surface area contributed by atoms with Crippen LogP contribution in [0.15, 0.2) is 42.5 Å². The van der Waals surface area contributed by atoms with Gasteiger partial charge in [0.25, 0.3) is 0 Å². The van der Waals surface area contributed by atoms with E-state index in [0.29, 0.717) is 23.8 Å². The second-order valence-electron chi connectivity index (χ2n) is 5.63. The van der Waals surface area contributed by atoms with E-state index in [1.54, 1.807) is 0 Å². The molecule has 0 aliphatic rings. The zero-order valence-electron chi connectivity index (χ0n) is 13.6. The Morgan fingerprint density at radius 1 is 1.14 bits per heavy atom. The number of benzene rings is 2. The molecule has 0 saturated heterocycles. The van der Waals surface area contributed by atoms with Crippen molar-refractivity contribution < 1.29 is 14.3 Å². The van der Waals surface area contributed by atoms with E-state index in [0.717, 1.165) is 16.7 Å². The van der Waals surface area contributed by atoms with Crippen molar-refractivity contribution >= 4 is 5.97 Å². The van der Waals surface area contributed by atoms with Crippen molar-refractivity contribution in [2.24, 2.45) is 0 Å². The molecule has 0 unspecified atom stereocenters. The molecule has 2 aromatic rings. The van der Waals surface area contributed by atoms with E-state index < -0.39 is 0 Å². The molecule has 3 nitrogen and oxygen atoms in total. The number of esters is 1. The van der Waals surface area contributed by atoms with Gasteiger partial charge in [-0.3, -0.25) is 0 Å². The summed E-state index contributed by atoms with van der Waals surface area (Å²) in [7, 11) is 1.39. The van der Waals surface area contributed by atoms with Crippen molar-refractivity contribution in [1.29, 1.82) is 0 Å². The summed E-state index contributed by atoms with van der Waals surface area (Å²) < 4.78 is 10.7. The molecule has 2 aromatic carbocycles. The van der Waals surface area contributed by atoms with Crippen LogP contribution in [0.3, 0.4) is 0 Å². The van der Waals surface area contributed by atoms with Crippen LogP contribution < -0.4 is 4.74 Å². The van der Waals surface area contributed by atoms with Gasteiger partial charge in [-0.15, -0.1) is 0 Å². The molecule has 0 aromatic heterocycles. The summed E-state index contributed by atoms with van der Waals surface area (Å²) in [6.45, 7) is 6.67. The zero-order valence-corrected chi connectivity index (χ0v) is 13.6. The minimum Gasteiger partial charge on any atom is -0.488 e. The van der Waals surface area contributed by atoms with Crippen molar-refractivity contribution in [3.8, 4) is 5.75 Å². The molecule has 0 amide bonds. The van der Waals surface area contributed by atoms with Gasteiger partial charge in [0, 0.05) is 0 Å². The van der Waals surface area contributed by atoms with Gasteiger partial charge in [0.2, 0.25) is 0 Å². The molecule has 0 radical (unpaired) electrons. The van der Waals surface area contributed by atoms with Gasteiger partial charge in [0.15, 0.2) is 0 Å². The third kappa shape index (κ3) is 3.67. The summed E-state index contributed by atoms with van der Waals surface area (Å²) in [5.41, 5.74) is 3.79. The molecule has 0 aliphatic carbocycles. The van der Waals surface area contributed by atoms with E-state index >= 15 is 0 Å². The highest BCUT2D eigenvalue weighted by Crippen LogP contribution is 2.29. The van der Waals surface area contributed by atoms with Crippen LogP contribution in [0.1, 0.15) is 46.8 Å². The normalized spacial score (nSPS) is 10.6. The van der Waals surface area contributed by atoms with Gasteiger partial charge in [-0.05, 0) is 41.7 Å². The average Bonchev–Trinajstić information content (AvgIpc) is 2.52. The highest BCUT2D eigenvalue weighted by atomic mass is 16.5.